The normalized spacial score (nSPS) is 15.5. The lowest BCUT2D eigenvalue weighted by molar-refractivity contribution is -0.116. The Balaban J connectivity index is 2.04. The van der Waals surface area contributed by atoms with Crippen LogP contribution in [0.5, 0.6) is 0 Å². The first-order chi connectivity index (χ1) is 8.79. The van der Waals surface area contributed by atoms with E-state index in [4.69, 9.17) is 5.73 Å². The van der Waals surface area contributed by atoms with Gasteiger partial charge >= 0.3 is 0 Å². The van der Waals surface area contributed by atoms with Crippen molar-refractivity contribution in [2.45, 2.75) is 12.8 Å². The first kappa shape index (κ1) is 10.8. The maximum atomic E-state index is 11.9. The van der Waals surface area contributed by atoms with Gasteiger partial charge in [0.15, 0.2) is 11.5 Å². The van der Waals surface area contributed by atoms with Crippen LogP contribution < -0.4 is 10.7 Å². The minimum absolute atomic E-state index is 0.118. The van der Waals surface area contributed by atoms with Crippen LogP contribution in [0.4, 0.5) is 5.82 Å². The van der Waals surface area contributed by atoms with Gasteiger partial charge in [0.25, 0.3) is 5.91 Å². The Kier molecular flexibility index (Phi) is 2.49. The number of hydrogen-bond acceptors (Lipinski definition) is 6. The summed E-state index contributed by atoms with van der Waals surface area (Å²) >= 11 is 0. The van der Waals surface area contributed by atoms with Crippen molar-refractivity contribution >= 4 is 28.6 Å². The number of aromatic amines is 1. The second-order valence-electron chi connectivity index (χ2n) is 3.89. The highest BCUT2D eigenvalue weighted by Gasteiger charge is 2.27. The Labute approximate surface area is 102 Å². The summed E-state index contributed by atoms with van der Waals surface area (Å²) in [6.07, 6.45) is 3.77. The van der Waals surface area contributed by atoms with Gasteiger partial charge in [-0.2, -0.15) is 10.1 Å². The maximum Gasteiger partial charge on any atom is 0.254 e. The molecule has 0 saturated heterocycles. The quantitative estimate of drug-likeness (QED) is 0.777. The van der Waals surface area contributed by atoms with E-state index in [9.17, 15) is 4.79 Å². The fourth-order valence-electron chi connectivity index (χ4n) is 1.87. The average molecular weight is 245 g/mol. The van der Waals surface area contributed by atoms with Gasteiger partial charge in [0.1, 0.15) is 11.8 Å². The lowest BCUT2D eigenvalue weighted by atomic mass is 10.2. The third-order valence-corrected chi connectivity index (χ3v) is 2.67. The highest BCUT2D eigenvalue weighted by atomic mass is 16.2. The second kappa shape index (κ2) is 4.15. The van der Waals surface area contributed by atoms with E-state index in [1.54, 1.807) is 0 Å². The molecule has 2 aromatic rings. The summed E-state index contributed by atoms with van der Waals surface area (Å²) in [7, 11) is 0. The molecule has 3 rings (SSSR count). The summed E-state index contributed by atoms with van der Waals surface area (Å²) in [5.41, 5.74) is 7.34. The zero-order valence-electron chi connectivity index (χ0n) is 9.50. The number of carbonyl (C=O) groups excluding carboxylic acids is 1. The molecule has 1 aliphatic rings. The lowest BCUT2D eigenvalue weighted by Gasteiger charge is -2.10. The van der Waals surface area contributed by atoms with Gasteiger partial charge in [-0.1, -0.05) is 0 Å². The van der Waals surface area contributed by atoms with Crippen LogP contribution in [0.3, 0.4) is 0 Å². The van der Waals surface area contributed by atoms with Crippen molar-refractivity contribution < 1.29 is 4.79 Å². The molecule has 0 atom stereocenters. The van der Waals surface area contributed by atoms with Crippen molar-refractivity contribution in [2.75, 3.05) is 11.6 Å². The number of nitrogens with two attached hydrogens (primary N) is 1. The van der Waals surface area contributed by atoms with Gasteiger partial charge in [0, 0.05) is 12.1 Å². The number of imidazole rings is 1. The lowest BCUT2D eigenvalue weighted by Crippen LogP contribution is -2.21. The van der Waals surface area contributed by atoms with Gasteiger partial charge in [0.2, 0.25) is 0 Å². The zero-order chi connectivity index (χ0) is 12.5. The van der Waals surface area contributed by atoms with E-state index >= 15 is 0 Å². The van der Waals surface area contributed by atoms with E-state index in [1.165, 1.54) is 17.7 Å². The Morgan fingerprint density at radius 1 is 1.39 bits per heavy atom. The molecule has 1 amide bonds. The summed E-state index contributed by atoms with van der Waals surface area (Å²) in [6, 6.07) is 0. The molecule has 0 bridgehead atoms. The highest BCUT2D eigenvalue weighted by molar-refractivity contribution is 6.14. The molecule has 0 radical (unpaired) electrons. The molecule has 0 aliphatic carbocycles. The molecular formula is C10H11N7O. The minimum Gasteiger partial charge on any atom is -0.340 e. The minimum atomic E-state index is -0.118. The molecule has 0 unspecified atom stereocenters. The molecule has 3 N–H and O–H groups in total. The van der Waals surface area contributed by atoms with Gasteiger partial charge < -0.3 is 10.7 Å². The molecule has 18 heavy (non-hydrogen) atoms. The number of nitrogens with one attached hydrogen (secondary N) is 1. The Bertz CT molecular complexity index is 632. The number of hydrogen-bond donors (Lipinski definition) is 2. The van der Waals surface area contributed by atoms with Gasteiger partial charge in [-0.25, -0.2) is 15.0 Å². The molecular weight excluding hydrogens is 234 g/mol. The summed E-state index contributed by atoms with van der Waals surface area (Å²) in [6.45, 7) is 0.475. The van der Waals surface area contributed by atoms with Crippen molar-refractivity contribution in [3.63, 3.8) is 0 Å². The molecule has 3 heterocycles. The largest absolute Gasteiger partial charge is 0.340 e. The third kappa shape index (κ3) is 1.63. The number of amides is 1. The first-order valence-electron chi connectivity index (χ1n) is 5.53. The molecule has 8 heteroatoms. The Morgan fingerprint density at radius 2 is 2.28 bits per heavy atom. The van der Waals surface area contributed by atoms with Crippen LogP contribution in [0.1, 0.15) is 12.8 Å². The summed E-state index contributed by atoms with van der Waals surface area (Å²) in [5, 5.41) is 5.53. The molecule has 0 saturated carbocycles. The van der Waals surface area contributed by atoms with Crippen LogP contribution in [0.2, 0.25) is 0 Å². The number of anilines is 1. The number of fused-ring (bicyclic) bond motifs is 1. The van der Waals surface area contributed by atoms with Gasteiger partial charge in [-0.15, -0.1) is 0 Å². The molecule has 8 nitrogen and oxygen atoms in total. The van der Waals surface area contributed by atoms with Gasteiger partial charge in [0.05, 0.1) is 12.7 Å². The zero-order valence-corrected chi connectivity index (χ0v) is 9.50. The van der Waals surface area contributed by atoms with Crippen LogP contribution in [-0.4, -0.2) is 38.1 Å². The molecule has 1 aliphatic heterocycles. The third-order valence-electron chi connectivity index (χ3n) is 2.67. The molecule has 0 spiro atoms. The van der Waals surface area contributed by atoms with Crippen LogP contribution in [0, 0.1) is 0 Å². The fraction of sp³-hybridized carbons (Fsp3) is 0.300. The van der Waals surface area contributed by atoms with Crippen molar-refractivity contribution in [1.82, 2.24) is 19.9 Å². The molecule has 0 aromatic carbocycles. The summed E-state index contributed by atoms with van der Waals surface area (Å²) in [5.74, 6) is 0.308. The topological polar surface area (TPSA) is 113 Å². The second-order valence-corrected chi connectivity index (χ2v) is 3.89. The van der Waals surface area contributed by atoms with E-state index < -0.39 is 0 Å². The van der Waals surface area contributed by atoms with Crippen LogP contribution in [0.25, 0.3) is 11.2 Å². The summed E-state index contributed by atoms with van der Waals surface area (Å²) in [4.78, 5) is 26.9. The van der Waals surface area contributed by atoms with Crippen molar-refractivity contribution in [2.24, 2.45) is 10.8 Å². The van der Waals surface area contributed by atoms with E-state index in [0.29, 0.717) is 29.9 Å². The molecule has 92 valence electrons. The standard InChI is InChI=1S/C10H11N7O/c11-2-1-6-3-7(18)17(16-6)10-8-9(13-4-12-8)14-5-15-10/h4-5H,1-3,11H2,(H,12,13,14,15). The Morgan fingerprint density at radius 3 is 3.11 bits per heavy atom. The number of hydrazone groups is 1. The van der Waals surface area contributed by atoms with Crippen LogP contribution >= 0.6 is 0 Å². The van der Waals surface area contributed by atoms with E-state index in [-0.39, 0.29) is 12.3 Å². The first-order valence-corrected chi connectivity index (χ1v) is 5.53. The highest BCUT2D eigenvalue weighted by Crippen LogP contribution is 2.24. The maximum absolute atomic E-state index is 11.9. The summed E-state index contributed by atoms with van der Waals surface area (Å²) < 4.78 is 0. The monoisotopic (exact) mass is 245 g/mol. The predicted molar refractivity (Wildman–Crippen MR) is 64.9 cm³/mol. The van der Waals surface area contributed by atoms with Gasteiger partial charge in [-0.3, -0.25) is 4.79 Å². The predicted octanol–water partition coefficient (Wildman–Crippen LogP) is -0.206. The van der Waals surface area contributed by atoms with Crippen LogP contribution in [-0.2, 0) is 4.79 Å². The van der Waals surface area contributed by atoms with Crippen LogP contribution in [0.15, 0.2) is 17.8 Å². The van der Waals surface area contributed by atoms with Crippen molar-refractivity contribution in [3.05, 3.63) is 12.7 Å². The number of H-pyrrole nitrogens is 1. The SMILES string of the molecule is NCCC1=NN(c2ncnc3nc[nH]c23)C(=O)C1. The molecule has 0 fully saturated rings. The fourth-order valence-corrected chi connectivity index (χ4v) is 1.87. The number of nitrogens with zero attached hydrogens (tertiary/aromatic N) is 5. The van der Waals surface area contributed by atoms with E-state index in [0.717, 1.165) is 5.71 Å². The Hall–Kier alpha value is -2.35. The molecule has 2 aromatic heterocycles. The van der Waals surface area contributed by atoms with E-state index in [2.05, 4.69) is 25.0 Å². The number of aromatic nitrogens is 4. The number of rotatable bonds is 3. The number of carbonyl (C=O) groups is 1. The van der Waals surface area contributed by atoms with E-state index in [1.807, 2.05) is 0 Å². The smallest absolute Gasteiger partial charge is 0.254 e. The van der Waals surface area contributed by atoms with Crippen molar-refractivity contribution in [3.8, 4) is 0 Å². The average Bonchev–Trinajstić information content (AvgIpc) is 2.95. The van der Waals surface area contributed by atoms with Gasteiger partial charge in [-0.05, 0) is 6.54 Å². The van der Waals surface area contributed by atoms with Crippen molar-refractivity contribution in [1.29, 1.82) is 0 Å².